The summed E-state index contributed by atoms with van der Waals surface area (Å²) in [5, 5.41) is 12.4. The molecule has 0 aliphatic rings. The molecule has 0 bridgehead atoms. The van der Waals surface area contributed by atoms with Gasteiger partial charge in [0.1, 0.15) is 29.7 Å². The number of halogens is 1. The number of nitrogens with two attached hydrogens (primary N) is 1. The molecule has 32 heavy (non-hydrogen) atoms. The second-order valence-corrected chi connectivity index (χ2v) is 8.90. The normalized spacial score (nSPS) is 11.0. The highest BCUT2D eigenvalue weighted by Gasteiger charge is 2.08. The summed E-state index contributed by atoms with van der Waals surface area (Å²) in [5.74, 6) is 1.15. The molecule has 0 radical (unpaired) electrons. The lowest BCUT2D eigenvalue weighted by Crippen LogP contribution is -2.19. The van der Waals surface area contributed by atoms with E-state index < -0.39 is 0 Å². The summed E-state index contributed by atoms with van der Waals surface area (Å²) in [6, 6.07) is 11.8. The highest BCUT2D eigenvalue weighted by molar-refractivity contribution is 9.10. The molecule has 0 saturated carbocycles. The number of carbonyl (C=O) groups excluding carboxylic acids is 1. The number of benzene rings is 2. The minimum absolute atomic E-state index is 0.0596. The fraction of sp³-hybridized carbons (Fsp3) is 0.273. The average molecular weight is 518 g/mol. The fourth-order valence-corrected chi connectivity index (χ4v) is 3.85. The third-order valence-corrected chi connectivity index (χ3v) is 5.53. The van der Waals surface area contributed by atoms with E-state index in [-0.39, 0.29) is 12.3 Å². The summed E-state index contributed by atoms with van der Waals surface area (Å²) in [4.78, 5) is 12.0. The van der Waals surface area contributed by atoms with E-state index in [0.29, 0.717) is 34.7 Å². The molecule has 8 nitrogen and oxygen atoms in total. The first-order valence-electron chi connectivity index (χ1n) is 9.98. The molecule has 1 amide bonds. The zero-order chi connectivity index (χ0) is 22.9. The number of nitrogens with one attached hydrogen (secondary N) is 1. The lowest BCUT2D eigenvalue weighted by Gasteiger charge is -2.12. The zero-order valence-electron chi connectivity index (χ0n) is 17.8. The third-order valence-electron chi connectivity index (χ3n) is 4.29. The van der Waals surface area contributed by atoms with Gasteiger partial charge in [0.15, 0.2) is 0 Å². The molecule has 2 aromatic carbocycles. The molecule has 1 aromatic heterocycles. The monoisotopic (exact) mass is 517 g/mol. The molecule has 3 rings (SSSR count). The largest absolute Gasteiger partial charge is 0.490 e. The lowest BCUT2D eigenvalue weighted by molar-refractivity contribution is -0.120. The van der Waals surface area contributed by atoms with Crippen molar-refractivity contribution in [2.24, 2.45) is 5.10 Å². The Morgan fingerprint density at radius 3 is 2.78 bits per heavy atom. The van der Waals surface area contributed by atoms with Crippen LogP contribution in [0.3, 0.4) is 0 Å². The zero-order valence-corrected chi connectivity index (χ0v) is 20.2. The van der Waals surface area contributed by atoms with Crippen LogP contribution in [0.1, 0.15) is 28.6 Å². The molecule has 3 aromatic rings. The number of aromatic nitrogens is 2. The van der Waals surface area contributed by atoms with Crippen LogP contribution in [0.4, 0.5) is 5.13 Å². The molecule has 0 saturated heterocycles. The molecule has 0 aliphatic carbocycles. The molecular weight excluding hydrogens is 494 g/mol. The van der Waals surface area contributed by atoms with Gasteiger partial charge in [0, 0.05) is 10.0 Å². The lowest BCUT2D eigenvalue weighted by atomic mass is 10.1. The second kappa shape index (κ2) is 11.6. The molecule has 3 N–H and O–H groups in total. The topological polar surface area (TPSA) is 112 Å². The maximum absolute atomic E-state index is 12.0. The highest BCUT2D eigenvalue weighted by Crippen LogP contribution is 2.22. The number of hydrogen-bond acceptors (Lipinski definition) is 8. The van der Waals surface area contributed by atoms with Gasteiger partial charge in [-0.05, 0) is 54.8 Å². The van der Waals surface area contributed by atoms with Gasteiger partial charge in [0.05, 0.1) is 12.6 Å². The van der Waals surface area contributed by atoms with Crippen molar-refractivity contribution >= 4 is 44.5 Å². The van der Waals surface area contributed by atoms with Crippen LogP contribution in [0, 0.1) is 6.92 Å². The number of aryl methyl sites for hydroxylation is 2. The number of rotatable bonds is 10. The quantitative estimate of drug-likeness (QED) is 0.239. The Morgan fingerprint density at radius 2 is 2.03 bits per heavy atom. The molecule has 168 valence electrons. The molecule has 0 spiro atoms. The number of hydrazone groups is 1. The molecule has 10 heteroatoms. The van der Waals surface area contributed by atoms with E-state index in [0.717, 1.165) is 16.6 Å². The number of amides is 1. The van der Waals surface area contributed by atoms with Gasteiger partial charge in [-0.2, -0.15) is 5.10 Å². The Bertz CT molecular complexity index is 1100. The Labute approximate surface area is 199 Å². The van der Waals surface area contributed by atoms with E-state index in [9.17, 15) is 4.79 Å². The van der Waals surface area contributed by atoms with Crippen molar-refractivity contribution in [3.05, 3.63) is 62.6 Å². The van der Waals surface area contributed by atoms with Crippen molar-refractivity contribution in [2.75, 3.05) is 18.9 Å². The van der Waals surface area contributed by atoms with Crippen molar-refractivity contribution in [3.63, 3.8) is 0 Å². The molecule has 0 fully saturated rings. The van der Waals surface area contributed by atoms with Crippen LogP contribution in [0.25, 0.3) is 0 Å². The summed E-state index contributed by atoms with van der Waals surface area (Å²) >= 11 is 4.61. The van der Waals surface area contributed by atoms with Crippen molar-refractivity contribution in [3.8, 4) is 11.5 Å². The van der Waals surface area contributed by atoms with Crippen LogP contribution >= 0.6 is 27.3 Å². The van der Waals surface area contributed by atoms with Gasteiger partial charge in [-0.3, -0.25) is 4.79 Å². The summed E-state index contributed by atoms with van der Waals surface area (Å²) in [6.07, 6.45) is 2.55. The average Bonchev–Trinajstić information content (AvgIpc) is 3.16. The van der Waals surface area contributed by atoms with Gasteiger partial charge in [-0.15, -0.1) is 10.2 Å². The van der Waals surface area contributed by atoms with E-state index in [2.05, 4.69) is 56.6 Å². The number of ether oxygens (including phenoxy) is 2. The minimum Gasteiger partial charge on any atom is -0.490 e. The number of nitrogens with zero attached hydrogens (tertiary/aromatic N) is 3. The van der Waals surface area contributed by atoms with E-state index in [1.54, 1.807) is 0 Å². The Morgan fingerprint density at radius 1 is 1.22 bits per heavy atom. The van der Waals surface area contributed by atoms with Gasteiger partial charge in [-0.25, -0.2) is 5.43 Å². The molecule has 0 atom stereocenters. The fourth-order valence-electron chi connectivity index (χ4n) is 2.86. The van der Waals surface area contributed by atoms with Crippen LogP contribution in [-0.4, -0.2) is 35.5 Å². The Hall–Kier alpha value is -2.98. The van der Waals surface area contributed by atoms with Crippen LogP contribution in [-0.2, 0) is 17.6 Å². The van der Waals surface area contributed by atoms with Gasteiger partial charge in [-0.1, -0.05) is 40.3 Å². The van der Waals surface area contributed by atoms with Crippen LogP contribution in [0.2, 0.25) is 0 Å². The first kappa shape index (κ1) is 23.7. The molecular formula is C22H24BrN5O3S. The van der Waals surface area contributed by atoms with E-state index in [1.165, 1.54) is 28.7 Å². The predicted molar refractivity (Wildman–Crippen MR) is 129 cm³/mol. The van der Waals surface area contributed by atoms with Gasteiger partial charge < -0.3 is 15.2 Å². The van der Waals surface area contributed by atoms with Gasteiger partial charge in [0.25, 0.3) is 0 Å². The number of nitrogen functional groups attached to an aromatic ring is 1. The summed E-state index contributed by atoms with van der Waals surface area (Å²) in [7, 11) is 0. The van der Waals surface area contributed by atoms with Crippen LogP contribution < -0.4 is 20.6 Å². The Balaban J connectivity index is 1.53. The minimum atomic E-state index is -0.312. The SMILES string of the molecule is CCc1cc(C)cc(OCCOc2ccc(Br)cc2C=NNC(=O)Cc2nnc(N)s2)c1. The third kappa shape index (κ3) is 7.31. The number of hydrogen-bond donors (Lipinski definition) is 2. The highest BCUT2D eigenvalue weighted by atomic mass is 79.9. The first-order chi connectivity index (χ1) is 15.4. The smallest absolute Gasteiger partial charge is 0.247 e. The van der Waals surface area contributed by atoms with E-state index in [4.69, 9.17) is 15.2 Å². The summed E-state index contributed by atoms with van der Waals surface area (Å²) in [6.45, 7) is 4.94. The number of anilines is 1. The van der Waals surface area contributed by atoms with Crippen molar-refractivity contribution < 1.29 is 14.3 Å². The van der Waals surface area contributed by atoms with Gasteiger partial charge in [0.2, 0.25) is 11.0 Å². The standard InChI is InChI=1S/C22H24BrN5O3S/c1-3-15-8-14(2)9-18(10-15)30-6-7-31-19-5-4-17(23)11-16(19)13-25-26-20(29)12-21-27-28-22(24)32-21/h4-5,8-11,13H,3,6-7,12H2,1-2H3,(H2,24,28)(H,26,29). The van der Waals surface area contributed by atoms with E-state index >= 15 is 0 Å². The van der Waals surface area contributed by atoms with Gasteiger partial charge >= 0.3 is 0 Å². The summed E-state index contributed by atoms with van der Waals surface area (Å²) < 4.78 is 12.6. The van der Waals surface area contributed by atoms with Crippen molar-refractivity contribution in [2.45, 2.75) is 26.7 Å². The summed E-state index contributed by atoms with van der Waals surface area (Å²) in [5.41, 5.74) is 11.1. The maximum Gasteiger partial charge on any atom is 0.247 e. The van der Waals surface area contributed by atoms with Crippen LogP contribution in [0.15, 0.2) is 46.0 Å². The predicted octanol–water partition coefficient (Wildman–Crippen LogP) is 3.90. The first-order valence-corrected chi connectivity index (χ1v) is 11.6. The second-order valence-electron chi connectivity index (χ2n) is 6.89. The number of carbonyl (C=O) groups is 1. The maximum atomic E-state index is 12.0. The van der Waals surface area contributed by atoms with E-state index in [1.807, 2.05) is 30.3 Å². The van der Waals surface area contributed by atoms with Crippen molar-refractivity contribution in [1.29, 1.82) is 0 Å². The molecule has 1 heterocycles. The molecule has 0 unspecified atom stereocenters. The Kier molecular flexibility index (Phi) is 8.57. The van der Waals surface area contributed by atoms with Crippen LogP contribution in [0.5, 0.6) is 11.5 Å². The van der Waals surface area contributed by atoms with Crippen molar-refractivity contribution in [1.82, 2.24) is 15.6 Å². The molecule has 0 aliphatic heterocycles.